The van der Waals surface area contributed by atoms with Gasteiger partial charge in [-0.1, -0.05) is 0 Å². The zero-order valence-electron chi connectivity index (χ0n) is 7.66. The molecule has 1 amide bonds. The van der Waals surface area contributed by atoms with Gasteiger partial charge in [0.05, 0.1) is 11.2 Å². The molecule has 0 aromatic heterocycles. The Kier molecular flexibility index (Phi) is 4.04. The van der Waals surface area contributed by atoms with Gasteiger partial charge < -0.3 is 11.1 Å². The van der Waals surface area contributed by atoms with Gasteiger partial charge in [0.15, 0.2) is 0 Å². The summed E-state index contributed by atoms with van der Waals surface area (Å²) in [5.74, 6) is 0. The Hall–Kier alpha value is -1.32. The van der Waals surface area contributed by atoms with E-state index in [4.69, 9.17) is 5.73 Å². The zero-order valence-corrected chi connectivity index (χ0v) is 7.66. The summed E-state index contributed by atoms with van der Waals surface area (Å²) in [6, 6.07) is 0. The van der Waals surface area contributed by atoms with Crippen LogP contribution < -0.4 is 11.1 Å². The monoisotopic (exact) mass is 169 g/mol. The Morgan fingerprint density at radius 3 is 2.42 bits per heavy atom. The average molecular weight is 169 g/mol. The molecule has 0 heterocycles. The highest BCUT2D eigenvalue weighted by atomic mass is 16.1. The molecule has 0 radical (unpaired) electrons. The number of rotatable bonds is 3. The van der Waals surface area contributed by atoms with E-state index >= 15 is 0 Å². The fourth-order valence-corrected chi connectivity index (χ4v) is 0.460. The van der Waals surface area contributed by atoms with Gasteiger partial charge in [-0.05, 0) is 20.8 Å². The van der Waals surface area contributed by atoms with Crippen molar-refractivity contribution in [3.05, 3.63) is 11.9 Å². The molecule has 0 bridgehead atoms. The lowest BCUT2D eigenvalue weighted by Crippen LogP contribution is -2.16. The second kappa shape index (κ2) is 4.54. The van der Waals surface area contributed by atoms with Crippen LogP contribution in [0.2, 0.25) is 0 Å². The minimum atomic E-state index is -0.154. The highest BCUT2D eigenvalue weighted by molar-refractivity contribution is 5.81. The quantitative estimate of drug-likeness (QED) is 0.474. The molecule has 0 aromatic rings. The van der Waals surface area contributed by atoms with Crippen LogP contribution in [0.1, 0.15) is 20.8 Å². The first-order chi connectivity index (χ1) is 5.49. The Labute approximate surface area is 72.6 Å². The first-order valence-electron chi connectivity index (χ1n) is 3.67. The average Bonchev–Trinajstić information content (AvgIpc) is 1.96. The highest BCUT2D eigenvalue weighted by Gasteiger charge is 2.04. The largest absolute Gasteiger partial charge is 0.403 e. The lowest BCUT2D eigenvalue weighted by Gasteiger charge is -2.11. The van der Waals surface area contributed by atoms with Gasteiger partial charge in [-0.2, -0.15) is 0 Å². The molecule has 0 saturated carbocycles. The van der Waals surface area contributed by atoms with Crippen molar-refractivity contribution in [3.63, 3.8) is 0 Å². The third kappa shape index (κ3) is 5.46. The molecule has 0 aliphatic heterocycles. The van der Waals surface area contributed by atoms with Gasteiger partial charge >= 0.3 is 0 Å². The number of hydrogen-bond acceptors (Lipinski definition) is 3. The number of carbonyl (C=O) groups is 1. The number of hydrogen-bond donors (Lipinski definition) is 2. The zero-order chi connectivity index (χ0) is 9.61. The lowest BCUT2D eigenvalue weighted by molar-refractivity contribution is -0.108. The molecule has 0 rings (SSSR count). The molecule has 4 nitrogen and oxygen atoms in total. The van der Waals surface area contributed by atoms with Crippen LogP contribution in [-0.4, -0.2) is 18.2 Å². The van der Waals surface area contributed by atoms with E-state index in [9.17, 15) is 4.79 Å². The maximum Gasteiger partial charge on any atom is 0.211 e. The van der Waals surface area contributed by atoms with Gasteiger partial charge in [-0.3, -0.25) is 9.79 Å². The van der Waals surface area contributed by atoms with Crippen molar-refractivity contribution >= 4 is 12.6 Å². The minimum Gasteiger partial charge on any atom is -0.403 e. The van der Waals surface area contributed by atoms with Gasteiger partial charge in [0.1, 0.15) is 0 Å². The highest BCUT2D eigenvalue weighted by Crippen LogP contribution is 2.04. The van der Waals surface area contributed by atoms with E-state index in [1.165, 1.54) is 12.4 Å². The first kappa shape index (κ1) is 10.7. The van der Waals surface area contributed by atoms with E-state index in [-0.39, 0.29) is 5.54 Å². The van der Waals surface area contributed by atoms with E-state index < -0.39 is 0 Å². The predicted molar refractivity (Wildman–Crippen MR) is 49.7 cm³/mol. The normalized spacial score (nSPS) is 13.4. The Morgan fingerprint density at radius 2 is 2.08 bits per heavy atom. The van der Waals surface area contributed by atoms with E-state index in [0.29, 0.717) is 12.1 Å². The molecule has 0 aliphatic carbocycles. The Balaban J connectivity index is 4.21. The summed E-state index contributed by atoms with van der Waals surface area (Å²) in [6.07, 6.45) is 3.39. The summed E-state index contributed by atoms with van der Waals surface area (Å²) in [6.45, 7) is 5.87. The van der Waals surface area contributed by atoms with Gasteiger partial charge in [-0.15, -0.1) is 0 Å². The molecule has 0 saturated heterocycles. The van der Waals surface area contributed by atoms with Crippen LogP contribution in [0.15, 0.2) is 16.9 Å². The van der Waals surface area contributed by atoms with Crippen LogP contribution in [0.25, 0.3) is 0 Å². The van der Waals surface area contributed by atoms with Crippen molar-refractivity contribution < 1.29 is 4.79 Å². The number of nitrogens with two attached hydrogens (primary N) is 1. The summed E-state index contributed by atoms with van der Waals surface area (Å²) in [4.78, 5) is 14.2. The van der Waals surface area contributed by atoms with Crippen molar-refractivity contribution in [2.75, 3.05) is 0 Å². The van der Waals surface area contributed by atoms with E-state index in [1.54, 1.807) is 0 Å². The summed E-state index contributed by atoms with van der Waals surface area (Å²) in [5.41, 5.74) is 5.56. The molecule has 3 N–H and O–H groups in total. The standard InChI is InChI=1S/C8H15N3O/c1-8(2,3)11-5-7(4-9)10-6-12/h4-6H,9H2,1-3H3,(H,10,12)/b7-4+,11-5?. The number of carbonyl (C=O) groups excluding carboxylic acids is 1. The molecule has 68 valence electrons. The molecule has 0 aliphatic rings. The van der Waals surface area contributed by atoms with E-state index in [1.807, 2.05) is 20.8 Å². The SMILES string of the molecule is CC(C)(C)N=C/C(=C\N)NC=O. The van der Waals surface area contributed by atoms with Crippen LogP contribution in [-0.2, 0) is 4.79 Å². The predicted octanol–water partition coefficient (Wildman–Crippen LogP) is 0.402. The smallest absolute Gasteiger partial charge is 0.211 e. The van der Waals surface area contributed by atoms with Crippen LogP contribution in [0.3, 0.4) is 0 Å². The van der Waals surface area contributed by atoms with Gasteiger partial charge in [0.2, 0.25) is 6.41 Å². The number of nitrogens with zero attached hydrogens (tertiary/aromatic N) is 1. The topological polar surface area (TPSA) is 67.5 Å². The maximum absolute atomic E-state index is 10.0. The van der Waals surface area contributed by atoms with Crippen molar-refractivity contribution in [1.29, 1.82) is 0 Å². The number of aliphatic imine (C=N–C) groups is 1. The number of amides is 1. The molecule has 0 unspecified atom stereocenters. The molecule has 0 atom stereocenters. The van der Waals surface area contributed by atoms with E-state index in [0.717, 1.165) is 0 Å². The van der Waals surface area contributed by atoms with Crippen LogP contribution >= 0.6 is 0 Å². The molecular weight excluding hydrogens is 154 g/mol. The van der Waals surface area contributed by atoms with Crippen LogP contribution in [0, 0.1) is 0 Å². The number of nitrogens with one attached hydrogen (secondary N) is 1. The third-order valence-electron chi connectivity index (χ3n) is 0.996. The molecular formula is C8H15N3O. The molecule has 4 heteroatoms. The second-order valence-electron chi connectivity index (χ2n) is 3.31. The van der Waals surface area contributed by atoms with Gasteiger partial charge in [-0.25, -0.2) is 0 Å². The lowest BCUT2D eigenvalue weighted by atomic mass is 10.1. The van der Waals surface area contributed by atoms with Crippen LogP contribution in [0.5, 0.6) is 0 Å². The fraction of sp³-hybridized carbons (Fsp3) is 0.500. The first-order valence-corrected chi connectivity index (χ1v) is 3.67. The molecule has 0 spiro atoms. The van der Waals surface area contributed by atoms with E-state index in [2.05, 4.69) is 10.3 Å². The minimum absolute atomic E-state index is 0.154. The fourth-order valence-electron chi connectivity index (χ4n) is 0.460. The van der Waals surface area contributed by atoms with Crippen molar-refractivity contribution in [2.24, 2.45) is 10.7 Å². The van der Waals surface area contributed by atoms with Crippen molar-refractivity contribution in [2.45, 2.75) is 26.3 Å². The van der Waals surface area contributed by atoms with Crippen molar-refractivity contribution in [1.82, 2.24) is 5.32 Å². The number of allylic oxidation sites excluding steroid dienone is 1. The Morgan fingerprint density at radius 1 is 1.50 bits per heavy atom. The van der Waals surface area contributed by atoms with Gasteiger partial charge in [0, 0.05) is 12.4 Å². The molecule has 0 fully saturated rings. The summed E-state index contributed by atoms with van der Waals surface area (Å²) >= 11 is 0. The third-order valence-corrected chi connectivity index (χ3v) is 0.996. The molecule has 12 heavy (non-hydrogen) atoms. The Bertz CT molecular complexity index is 201. The maximum atomic E-state index is 10.0. The second-order valence-corrected chi connectivity index (χ2v) is 3.31. The van der Waals surface area contributed by atoms with Gasteiger partial charge in [0.25, 0.3) is 0 Å². The van der Waals surface area contributed by atoms with Crippen molar-refractivity contribution in [3.8, 4) is 0 Å². The summed E-state index contributed by atoms with van der Waals surface area (Å²) < 4.78 is 0. The molecule has 0 aromatic carbocycles. The summed E-state index contributed by atoms with van der Waals surface area (Å²) in [7, 11) is 0. The summed E-state index contributed by atoms with van der Waals surface area (Å²) in [5, 5.41) is 2.41. The van der Waals surface area contributed by atoms with Crippen LogP contribution in [0.4, 0.5) is 0 Å².